The SMILES string of the molecule is Cc1cc(C)c2[nH]c(C(=O)[O-])cc2c1. The number of aromatic carboxylic acids is 1. The number of hydrogen-bond acceptors (Lipinski definition) is 2. The van der Waals surface area contributed by atoms with Crippen LogP contribution in [-0.2, 0) is 0 Å². The Bertz CT molecular complexity index is 511. The van der Waals surface area contributed by atoms with Crippen LogP contribution in [0, 0.1) is 13.8 Å². The number of carboxylic acids is 1. The number of aromatic amines is 1. The van der Waals surface area contributed by atoms with Gasteiger partial charge >= 0.3 is 0 Å². The van der Waals surface area contributed by atoms with Gasteiger partial charge in [0.1, 0.15) is 0 Å². The zero-order valence-electron chi connectivity index (χ0n) is 8.05. The van der Waals surface area contributed by atoms with Crippen molar-refractivity contribution in [3.63, 3.8) is 0 Å². The van der Waals surface area contributed by atoms with E-state index in [-0.39, 0.29) is 5.69 Å². The van der Waals surface area contributed by atoms with Crippen molar-refractivity contribution < 1.29 is 9.90 Å². The first-order valence-corrected chi connectivity index (χ1v) is 4.39. The van der Waals surface area contributed by atoms with E-state index in [9.17, 15) is 9.90 Å². The third-order valence-corrected chi connectivity index (χ3v) is 2.29. The zero-order chi connectivity index (χ0) is 10.3. The number of aromatic nitrogens is 1. The van der Waals surface area contributed by atoms with Gasteiger partial charge in [-0.3, -0.25) is 0 Å². The summed E-state index contributed by atoms with van der Waals surface area (Å²) in [5, 5.41) is 11.5. The minimum Gasteiger partial charge on any atom is -0.543 e. The number of hydrogen-bond donors (Lipinski definition) is 1. The fourth-order valence-electron chi connectivity index (χ4n) is 1.72. The number of benzene rings is 1. The van der Waals surface area contributed by atoms with Crippen LogP contribution < -0.4 is 5.11 Å². The number of nitrogens with one attached hydrogen (secondary N) is 1. The molecule has 0 aliphatic rings. The van der Waals surface area contributed by atoms with Gasteiger partial charge in [-0.15, -0.1) is 0 Å². The molecular weight excluding hydrogens is 178 g/mol. The van der Waals surface area contributed by atoms with Crippen LogP contribution in [0.25, 0.3) is 10.9 Å². The van der Waals surface area contributed by atoms with Gasteiger partial charge in [0.2, 0.25) is 0 Å². The highest BCUT2D eigenvalue weighted by atomic mass is 16.4. The molecule has 0 bridgehead atoms. The summed E-state index contributed by atoms with van der Waals surface area (Å²) in [6, 6.07) is 5.56. The molecule has 0 saturated heterocycles. The highest BCUT2D eigenvalue weighted by Gasteiger charge is 2.04. The van der Waals surface area contributed by atoms with Crippen molar-refractivity contribution in [3.8, 4) is 0 Å². The smallest absolute Gasteiger partial charge is 0.0878 e. The lowest BCUT2D eigenvalue weighted by Crippen LogP contribution is -2.22. The molecular formula is C11H10NO2-. The largest absolute Gasteiger partial charge is 0.543 e. The molecule has 3 heteroatoms. The second-order valence-corrected chi connectivity index (χ2v) is 3.52. The third-order valence-electron chi connectivity index (χ3n) is 2.29. The van der Waals surface area contributed by atoms with Gasteiger partial charge < -0.3 is 14.9 Å². The molecule has 0 aliphatic heterocycles. The second-order valence-electron chi connectivity index (χ2n) is 3.52. The molecule has 0 saturated carbocycles. The molecule has 1 aromatic carbocycles. The van der Waals surface area contributed by atoms with Crippen LogP contribution in [0.1, 0.15) is 21.6 Å². The van der Waals surface area contributed by atoms with Crippen LogP contribution in [0.15, 0.2) is 18.2 Å². The lowest BCUT2D eigenvalue weighted by Gasteiger charge is -1.98. The summed E-state index contributed by atoms with van der Waals surface area (Å²) in [7, 11) is 0. The number of fused-ring (bicyclic) bond motifs is 1. The topological polar surface area (TPSA) is 55.9 Å². The Hall–Kier alpha value is -1.77. The van der Waals surface area contributed by atoms with Gasteiger partial charge in [0.05, 0.1) is 11.7 Å². The Morgan fingerprint density at radius 3 is 2.64 bits per heavy atom. The molecule has 0 spiro atoms. The molecule has 0 amide bonds. The molecule has 3 nitrogen and oxygen atoms in total. The van der Waals surface area contributed by atoms with E-state index in [1.807, 2.05) is 26.0 Å². The van der Waals surface area contributed by atoms with Crippen LogP contribution in [0.3, 0.4) is 0 Å². The van der Waals surface area contributed by atoms with E-state index in [0.717, 1.165) is 22.0 Å². The third kappa shape index (κ3) is 1.27. The molecule has 2 aromatic rings. The van der Waals surface area contributed by atoms with Gasteiger partial charge in [-0.2, -0.15) is 0 Å². The molecule has 72 valence electrons. The summed E-state index contributed by atoms with van der Waals surface area (Å²) in [6.07, 6.45) is 0. The monoisotopic (exact) mass is 188 g/mol. The van der Waals surface area contributed by atoms with Crippen LogP contribution in [0.2, 0.25) is 0 Å². The first-order chi connectivity index (χ1) is 6.58. The number of rotatable bonds is 1. The Morgan fingerprint density at radius 1 is 1.29 bits per heavy atom. The predicted molar refractivity (Wildman–Crippen MR) is 52.1 cm³/mol. The number of carboxylic acid groups (broad SMARTS) is 1. The van der Waals surface area contributed by atoms with Crippen molar-refractivity contribution in [2.45, 2.75) is 13.8 Å². The van der Waals surface area contributed by atoms with Crippen molar-refractivity contribution in [2.24, 2.45) is 0 Å². The maximum Gasteiger partial charge on any atom is 0.0878 e. The minimum absolute atomic E-state index is 0.133. The molecule has 0 atom stereocenters. The molecule has 0 unspecified atom stereocenters. The molecule has 0 aliphatic carbocycles. The highest BCUT2D eigenvalue weighted by molar-refractivity contribution is 5.94. The van der Waals surface area contributed by atoms with Gasteiger partial charge in [0.25, 0.3) is 0 Å². The van der Waals surface area contributed by atoms with Crippen molar-refractivity contribution in [1.82, 2.24) is 4.98 Å². The number of carbonyl (C=O) groups is 1. The summed E-state index contributed by atoms with van der Waals surface area (Å²) in [5.41, 5.74) is 3.18. The van der Waals surface area contributed by atoms with Crippen molar-refractivity contribution in [1.29, 1.82) is 0 Å². The van der Waals surface area contributed by atoms with E-state index < -0.39 is 5.97 Å². The first kappa shape index (κ1) is 8.81. The van der Waals surface area contributed by atoms with E-state index in [0.29, 0.717) is 0 Å². The van der Waals surface area contributed by atoms with Crippen LogP contribution in [0.5, 0.6) is 0 Å². The average Bonchev–Trinajstić information content (AvgIpc) is 2.47. The lowest BCUT2D eigenvalue weighted by molar-refractivity contribution is -0.255. The van der Waals surface area contributed by atoms with E-state index in [2.05, 4.69) is 4.98 Å². The van der Waals surface area contributed by atoms with Crippen LogP contribution >= 0.6 is 0 Å². The van der Waals surface area contributed by atoms with Crippen LogP contribution in [-0.4, -0.2) is 11.0 Å². The number of carbonyl (C=O) groups excluding carboxylic acids is 1. The number of H-pyrrole nitrogens is 1. The summed E-state index contributed by atoms with van der Waals surface area (Å²) >= 11 is 0. The number of aryl methyl sites for hydroxylation is 2. The maximum atomic E-state index is 10.6. The van der Waals surface area contributed by atoms with Gasteiger partial charge in [-0.05, 0) is 31.5 Å². The fraction of sp³-hybridized carbons (Fsp3) is 0.182. The van der Waals surface area contributed by atoms with Gasteiger partial charge in [0.15, 0.2) is 0 Å². The summed E-state index contributed by atoms with van der Waals surface area (Å²) in [4.78, 5) is 13.5. The molecule has 14 heavy (non-hydrogen) atoms. The van der Waals surface area contributed by atoms with Gasteiger partial charge in [-0.25, -0.2) is 0 Å². The summed E-state index contributed by atoms with van der Waals surface area (Å²) < 4.78 is 0. The van der Waals surface area contributed by atoms with Crippen molar-refractivity contribution >= 4 is 16.9 Å². The highest BCUT2D eigenvalue weighted by Crippen LogP contribution is 2.20. The normalized spacial score (nSPS) is 10.7. The molecule has 1 heterocycles. The van der Waals surface area contributed by atoms with Crippen molar-refractivity contribution in [2.75, 3.05) is 0 Å². The zero-order valence-corrected chi connectivity index (χ0v) is 8.05. The Labute approximate surface area is 81.4 Å². The first-order valence-electron chi connectivity index (χ1n) is 4.39. The quantitative estimate of drug-likeness (QED) is 0.729. The van der Waals surface area contributed by atoms with E-state index in [1.165, 1.54) is 0 Å². The lowest BCUT2D eigenvalue weighted by atomic mass is 10.1. The minimum atomic E-state index is -1.17. The maximum absolute atomic E-state index is 10.6. The summed E-state index contributed by atoms with van der Waals surface area (Å²) in [5.74, 6) is -1.17. The van der Waals surface area contributed by atoms with Gasteiger partial charge in [-0.1, -0.05) is 11.6 Å². The summed E-state index contributed by atoms with van der Waals surface area (Å²) in [6.45, 7) is 3.93. The molecule has 2 rings (SSSR count). The Morgan fingerprint density at radius 2 is 2.00 bits per heavy atom. The Kier molecular flexibility index (Phi) is 1.81. The molecule has 1 N–H and O–H groups in total. The van der Waals surface area contributed by atoms with Crippen molar-refractivity contribution in [3.05, 3.63) is 35.0 Å². The Balaban J connectivity index is 2.76. The molecule has 1 aromatic heterocycles. The van der Waals surface area contributed by atoms with E-state index in [1.54, 1.807) is 6.07 Å². The van der Waals surface area contributed by atoms with Gasteiger partial charge in [0, 0.05) is 10.9 Å². The fourth-order valence-corrected chi connectivity index (χ4v) is 1.72. The van der Waals surface area contributed by atoms with E-state index in [4.69, 9.17) is 0 Å². The molecule has 0 radical (unpaired) electrons. The second kappa shape index (κ2) is 2.87. The van der Waals surface area contributed by atoms with E-state index >= 15 is 0 Å². The predicted octanol–water partition coefficient (Wildman–Crippen LogP) is 1.15. The average molecular weight is 188 g/mol. The molecule has 0 fully saturated rings. The standard InChI is InChI=1S/C11H11NO2/c1-6-3-7(2)10-8(4-6)5-9(12-10)11(13)14/h3-5,12H,1-2H3,(H,13,14)/p-1. The van der Waals surface area contributed by atoms with Crippen LogP contribution in [0.4, 0.5) is 0 Å².